The first-order valence-electron chi connectivity index (χ1n) is 15.7. The number of ketones is 1. The molecule has 0 aromatic heterocycles. The first-order valence-corrected chi connectivity index (χ1v) is 15.7. The van der Waals surface area contributed by atoms with Gasteiger partial charge in [0.15, 0.2) is 5.78 Å². The highest BCUT2D eigenvalue weighted by molar-refractivity contribution is 5.96. The number of aliphatic hydroxyl groups excluding tert-OH is 4. The average Bonchev–Trinajstić information content (AvgIpc) is 2.86. The first kappa shape index (κ1) is 26.2. The van der Waals surface area contributed by atoms with Gasteiger partial charge in [0.1, 0.15) is 0 Å². The van der Waals surface area contributed by atoms with Gasteiger partial charge in [-0.05, 0) is 111 Å². The van der Waals surface area contributed by atoms with Crippen LogP contribution in [0.25, 0.3) is 0 Å². The molecule has 0 aromatic rings. The molecule has 4 N–H and O–H groups in total. The quantitative estimate of drug-likeness (QED) is 0.415. The Morgan fingerprint density at radius 1 is 0.842 bits per heavy atom. The van der Waals surface area contributed by atoms with E-state index < -0.39 is 23.0 Å². The lowest BCUT2D eigenvalue weighted by molar-refractivity contribution is -0.274. The molecule has 0 heterocycles. The third kappa shape index (κ3) is 2.55. The van der Waals surface area contributed by atoms with E-state index in [4.69, 9.17) is 0 Å². The molecule has 1 spiro atoms. The molecular formula is C33H50O5. The van der Waals surface area contributed by atoms with Crippen LogP contribution in [0.4, 0.5) is 0 Å². The molecule has 6 fully saturated rings. The number of fused-ring (bicyclic) bond motifs is 4. The summed E-state index contributed by atoms with van der Waals surface area (Å²) in [6, 6.07) is 0. The van der Waals surface area contributed by atoms with E-state index in [0.29, 0.717) is 18.8 Å². The highest BCUT2D eigenvalue weighted by atomic mass is 16.3. The second kappa shape index (κ2) is 7.55. The van der Waals surface area contributed by atoms with E-state index in [1.165, 1.54) is 12.0 Å². The van der Waals surface area contributed by atoms with Crippen molar-refractivity contribution in [1.82, 2.24) is 0 Å². The minimum absolute atomic E-state index is 0.00896. The Morgan fingerprint density at radius 3 is 2.29 bits per heavy atom. The van der Waals surface area contributed by atoms with Gasteiger partial charge >= 0.3 is 0 Å². The van der Waals surface area contributed by atoms with Crippen LogP contribution in [-0.2, 0) is 4.79 Å². The summed E-state index contributed by atoms with van der Waals surface area (Å²) in [4.78, 5) is 14.7. The highest BCUT2D eigenvalue weighted by Gasteiger charge is 2.79. The lowest BCUT2D eigenvalue weighted by atomic mass is 9.25. The van der Waals surface area contributed by atoms with E-state index in [1.54, 1.807) is 0 Å². The summed E-state index contributed by atoms with van der Waals surface area (Å²) in [5.74, 6) is 0.596. The summed E-state index contributed by atoms with van der Waals surface area (Å²) in [6.07, 6.45) is 12.3. The minimum atomic E-state index is -0.598. The first-order chi connectivity index (χ1) is 17.8. The number of hydrogen-bond acceptors (Lipinski definition) is 5. The van der Waals surface area contributed by atoms with Crippen molar-refractivity contribution in [2.24, 2.45) is 55.7 Å². The van der Waals surface area contributed by atoms with E-state index in [1.807, 2.05) is 6.92 Å². The zero-order chi connectivity index (χ0) is 27.1. The van der Waals surface area contributed by atoms with Crippen molar-refractivity contribution in [3.8, 4) is 0 Å². The van der Waals surface area contributed by atoms with Gasteiger partial charge in [-0.2, -0.15) is 0 Å². The van der Waals surface area contributed by atoms with Gasteiger partial charge in [0.25, 0.3) is 0 Å². The molecule has 12 atom stereocenters. The second-order valence-corrected chi connectivity index (χ2v) is 16.5. The Kier molecular flexibility index (Phi) is 5.20. The summed E-state index contributed by atoms with van der Waals surface area (Å²) in [5, 5.41) is 44.8. The van der Waals surface area contributed by atoms with E-state index >= 15 is 0 Å². The maximum Gasteiger partial charge on any atom is 0.159 e. The maximum atomic E-state index is 14.7. The summed E-state index contributed by atoms with van der Waals surface area (Å²) >= 11 is 0. The van der Waals surface area contributed by atoms with Crippen LogP contribution < -0.4 is 0 Å². The van der Waals surface area contributed by atoms with Crippen molar-refractivity contribution < 1.29 is 25.2 Å². The van der Waals surface area contributed by atoms with E-state index in [0.717, 1.165) is 57.8 Å². The molecule has 7 aliphatic carbocycles. The molecular weight excluding hydrogens is 476 g/mol. The molecule has 38 heavy (non-hydrogen) atoms. The molecule has 3 bridgehead atoms. The summed E-state index contributed by atoms with van der Waals surface area (Å²) < 4.78 is 0. The maximum absolute atomic E-state index is 14.7. The predicted octanol–water partition coefficient (Wildman–Crippen LogP) is 4.80. The average molecular weight is 527 g/mol. The molecule has 0 saturated heterocycles. The second-order valence-electron chi connectivity index (χ2n) is 16.5. The fourth-order valence-corrected chi connectivity index (χ4v) is 13.6. The summed E-state index contributed by atoms with van der Waals surface area (Å²) in [6.45, 7) is 9.07. The van der Waals surface area contributed by atoms with Crippen molar-refractivity contribution in [3.05, 3.63) is 11.6 Å². The SMILES string of the molecule is C[C@@]12CC[C@@H]3CC[C@@]45C[C@H](O)[C@@](CO)(CC1)[C@]3(C2)C4=CC(=O)[C@@H]1[C@@]2(C)CC[C@H](O)[C@@](C)(CO)[C@H]2CC[C@]15C. The van der Waals surface area contributed by atoms with Gasteiger partial charge in [0.2, 0.25) is 0 Å². The predicted molar refractivity (Wildman–Crippen MR) is 145 cm³/mol. The highest BCUT2D eigenvalue weighted by Crippen LogP contribution is 2.83. The van der Waals surface area contributed by atoms with E-state index in [9.17, 15) is 25.2 Å². The van der Waals surface area contributed by atoms with Gasteiger partial charge in [-0.25, -0.2) is 0 Å². The third-order valence-electron chi connectivity index (χ3n) is 15.5. The zero-order valence-electron chi connectivity index (χ0n) is 24.1. The molecule has 7 rings (SSSR count). The van der Waals surface area contributed by atoms with Crippen LogP contribution in [0.5, 0.6) is 0 Å². The standard InChI is InChI=1S/C33H50O5/c1-27-9-5-20-6-12-31-16-25(38)32(19-35,14-13-27)33(20,17-27)23(31)15-21(36)26-28(2)10-8-24(37)29(3,18-34)22(28)7-11-30(26,31)4/h15,20,22,24-26,34-35,37-38H,5-14,16-19H2,1-4H3/t20-,22+,24+,25+,26-,27-,28+,29+,30-,31-,32+,33+/m1/s1. The third-order valence-corrected chi connectivity index (χ3v) is 15.5. The Hall–Kier alpha value is -0.750. The van der Waals surface area contributed by atoms with Crippen LogP contribution in [0.3, 0.4) is 0 Å². The van der Waals surface area contributed by atoms with E-state index in [2.05, 4.69) is 26.8 Å². The van der Waals surface area contributed by atoms with E-state index in [-0.39, 0.29) is 57.9 Å². The van der Waals surface area contributed by atoms with Crippen molar-refractivity contribution in [2.75, 3.05) is 13.2 Å². The molecule has 0 unspecified atom stereocenters. The lowest BCUT2D eigenvalue weighted by Crippen LogP contribution is -2.75. The number of allylic oxidation sites excluding steroid dienone is 2. The van der Waals surface area contributed by atoms with Crippen molar-refractivity contribution in [2.45, 2.75) is 117 Å². The number of aliphatic hydroxyl groups is 4. The fraction of sp³-hybridized carbons (Fsp3) is 0.909. The molecule has 0 aliphatic heterocycles. The number of rotatable bonds is 2. The molecule has 0 amide bonds. The lowest BCUT2D eigenvalue weighted by Gasteiger charge is -2.79. The molecule has 0 aromatic carbocycles. The van der Waals surface area contributed by atoms with Gasteiger partial charge in [-0.1, -0.05) is 33.3 Å². The Bertz CT molecular complexity index is 1100. The van der Waals surface area contributed by atoms with Gasteiger partial charge in [-0.3, -0.25) is 4.79 Å². The summed E-state index contributed by atoms with van der Waals surface area (Å²) in [7, 11) is 0. The van der Waals surface area contributed by atoms with Crippen molar-refractivity contribution in [3.63, 3.8) is 0 Å². The van der Waals surface area contributed by atoms with Gasteiger partial charge in [0, 0.05) is 27.6 Å². The molecule has 0 radical (unpaired) electrons. The normalized spacial score (nSPS) is 60.8. The number of hydrogen-bond donors (Lipinski definition) is 4. The van der Waals surface area contributed by atoms with Crippen LogP contribution in [0.15, 0.2) is 11.6 Å². The molecule has 5 heteroatoms. The molecule has 5 nitrogen and oxygen atoms in total. The monoisotopic (exact) mass is 526 g/mol. The molecule has 212 valence electrons. The van der Waals surface area contributed by atoms with Crippen LogP contribution in [0.1, 0.15) is 105 Å². The van der Waals surface area contributed by atoms with Crippen LogP contribution in [0, 0.1) is 55.7 Å². The van der Waals surface area contributed by atoms with Gasteiger partial charge in [0.05, 0.1) is 25.4 Å². The van der Waals surface area contributed by atoms with Gasteiger partial charge < -0.3 is 20.4 Å². The molecule has 7 aliphatic rings. The topological polar surface area (TPSA) is 98.0 Å². The largest absolute Gasteiger partial charge is 0.396 e. The Labute approximate surface area is 228 Å². The number of carbonyl (C=O) groups is 1. The van der Waals surface area contributed by atoms with Crippen molar-refractivity contribution in [1.29, 1.82) is 0 Å². The smallest absolute Gasteiger partial charge is 0.159 e. The Balaban J connectivity index is 1.45. The Morgan fingerprint density at radius 2 is 1.58 bits per heavy atom. The summed E-state index contributed by atoms with van der Waals surface area (Å²) in [5.41, 5.74) is -0.674. The van der Waals surface area contributed by atoms with Crippen LogP contribution >= 0.6 is 0 Å². The van der Waals surface area contributed by atoms with Gasteiger partial charge in [-0.15, -0.1) is 0 Å². The van der Waals surface area contributed by atoms with Crippen LogP contribution in [0.2, 0.25) is 0 Å². The van der Waals surface area contributed by atoms with Crippen LogP contribution in [-0.4, -0.2) is 51.6 Å². The molecule has 6 saturated carbocycles. The number of carbonyl (C=O) groups excluding carboxylic acids is 1. The zero-order valence-corrected chi connectivity index (χ0v) is 24.1. The minimum Gasteiger partial charge on any atom is -0.396 e. The van der Waals surface area contributed by atoms with Crippen molar-refractivity contribution >= 4 is 5.78 Å². The fourth-order valence-electron chi connectivity index (χ4n) is 13.6.